The van der Waals surface area contributed by atoms with Gasteiger partial charge in [-0.3, -0.25) is 9.59 Å². The van der Waals surface area contributed by atoms with Gasteiger partial charge in [-0.2, -0.15) is 0 Å². The van der Waals surface area contributed by atoms with E-state index in [1.54, 1.807) is 14.2 Å². The molecule has 0 radical (unpaired) electrons. The van der Waals surface area contributed by atoms with E-state index < -0.39 is 23.0 Å². The van der Waals surface area contributed by atoms with Crippen molar-refractivity contribution in [3.8, 4) is 11.5 Å². The molecule has 1 aromatic carbocycles. The van der Waals surface area contributed by atoms with Gasteiger partial charge in [-0.25, -0.2) is 0 Å². The first-order valence-corrected chi connectivity index (χ1v) is 9.49. The summed E-state index contributed by atoms with van der Waals surface area (Å²) >= 11 is 0. The van der Waals surface area contributed by atoms with Gasteiger partial charge in [0.1, 0.15) is 6.10 Å². The summed E-state index contributed by atoms with van der Waals surface area (Å²) in [6, 6.07) is 5.62. The van der Waals surface area contributed by atoms with Crippen LogP contribution in [0.15, 0.2) is 29.8 Å². The van der Waals surface area contributed by atoms with E-state index >= 15 is 0 Å². The monoisotopic (exact) mass is 404 g/mol. The average molecular weight is 404 g/mol. The molecule has 7 nitrogen and oxygen atoms in total. The van der Waals surface area contributed by atoms with E-state index in [0.717, 1.165) is 11.1 Å². The Bertz CT molecular complexity index is 824. The molecule has 29 heavy (non-hydrogen) atoms. The molecular weight excluding hydrogens is 376 g/mol. The minimum Gasteiger partial charge on any atom is -0.493 e. The molecule has 0 spiro atoms. The Morgan fingerprint density at radius 2 is 1.62 bits per heavy atom. The Morgan fingerprint density at radius 3 is 2.17 bits per heavy atom. The summed E-state index contributed by atoms with van der Waals surface area (Å²) < 4.78 is 27.0. The van der Waals surface area contributed by atoms with Crippen molar-refractivity contribution in [1.82, 2.24) is 0 Å². The van der Waals surface area contributed by atoms with Crippen LogP contribution < -0.4 is 9.47 Å². The molecule has 1 heterocycles. The molecule has 1 aliphatic heterocycles. The lowest BCUT2D eigenvalue weighted by Crippen LogP contribution is -2.42. The average Bonchev–Trinajstić information content (AvgIpc) is 3.13. The maximum Gasteiger partial charge on any atom is 0.323 e. The van der Waals surface area contributed by atoms with Crippen LogP contribution >= 0.6 is 0 Å². The van der Waals surface area contributed by atoms with E-state index in [1.165, 1.54) is 14.2 Å². The zero-order chi connectivity index (χ0) is 21.4. The Labute approximate surface area is 170 Å². The number of carbonyl (C=O) groups is 2. The Balaban J connectivity index is 2.02. The van der Waals surface area contributed by atoms with Crippen LogP contribution in [0.25, 0.3) is 0 Å². The molecule has 0 amide bonds. The minimum absolute atomic E-state index is 0.0999. The van der Waals surface area contributed by atoms with E-state index in [0.29, 0.717) is 17.9 Å². The predicted octanol–water partition coefficient (Wildman–Crippen LogP) is 3.22. The summed E-state index contributed by atoms with van der Waals surface area (Å²) in [4.78, 5) is 25.1. The van der Waals surface area contributed by atoms with Crippen molar-refractivity contribution < 1.29 is 33.3 Å². The van der Waals surface area contributed by atoms with Crippen molar-refractivity contribution in [3.63, 3.8) is 0 Å². The quantitative estimate of drug-likeness (QED) is 0.423. The zero-order valence-corrected chi connectivity index (χ0v) is 17.7. The van der Waals surface area contributed by atoms with Gasteiger partial charge in [0, 0.05) is 5.92 Å². The number of fused-ring (bicyclic) bond motifs is 1. The number of methoxy groups -OCH3 is 4. The molecule has 0 bridgehead atoms. The SMILES string of the molecule is COC(=O)C1(C(=O)OC)CC2=C[C@@H](c3ccc(OC)c(OC)c3)OC(C)(C)[C@@H]2C1. The molecule has 1 aromatic rings. The summed E-state index contributed by atoms with van der Waals surface area (Å²) in [7, 11) is 5.75. The van der Waals surface area contributed by atoms with Crippen LogP contribution in [-0.2, 0) is 23.8 Å². The van der Waals surface area contributed by atoms with Crippen LogP contribution in [0.5, 0.6) is 11.5 Å². The number of esters is 2. The maximum atomic E-state index is 12.6. The van der Waals surface area contributed by atoms with Crippen molar-refractivity contribution in [1.29, 1.82) is 0 Å². The first kappa shape index (κ1) is 21.2. The molecule has 1 saturated carbocycles. The topological polar surface area (TPSA) is 80.3 Å². The highest BCUT2D eigenvalue weighted by Gasteiger charge is 2.59. The fraction of sp³-hybridized carbons (Fsp3) is 0.545. The summed E-state index contributed by atoms with van der Waals surface area (Å²) in [6.45, 7) is 3.95. The molecule has 0 N–H and O–H groups in total. The van der Waals surface area contributed by atoms with E-state index in [9.17, 15) is 9.59 Å². The summed E-state index contributed by atoms with van der Waals surface area (Å²) in [6.07, 6.45) is 2.20. The van der Waals surface area contributed by atoms with E-state index in [-0.39, 0.29) is 18.4 Å². The molecular formula is C22H28O7. The van der Waals surface area contributed by atoms with Crippen molar-refractivity contribution in [3.05, 3.63) is 35.4 Å². The minimum atomic E-state index is -1.34. The lowest BCUT2D eigenvalue weighted by atomic mass is 9.80. The lowest BCUT2D eigenvalue weighted by Gasteiger charge is -2.40. The predicted molar refractivity (Wildman–Crippen MR) is 105 cm³/mol. The molecule has 158 valence electrons. The van der Waals surface area contributed by atoms with Crippen molar-refractivity contribution in [2.24, 2.45) is 11.3 Å². The maximum absolute atomic E-state index is 12.6. The normalized spacial score (nSPS) is 24.1. The van der Waals surface area contributed by atoms with E-state index in [1.807, 2.05) is 38.1 Å². The summed E-state index contributed by atoms with van der Waals surface area (Å²) in [5.41, 5.74) is -0.0362. The summed E-state index contributed by atoms with van der Waals surface area (Å²) in [5, 5.41) is 0. The van der Waals surface area contributed by atoms with Gasteiger partial charge in [-0.1, -0.05) is 17.7 Å². The first-order chi connectivity index (χ1) is 13.7. The third-order valence-electron chi connectivity index (χ3n) is 6.03. The Morgan fingerprint density at radius 1 is 1.00 bits per heavy atom. The molecule has 3 rings (SSSR count). The first-order valence-electron chi connectivity index (χ1n) is 9.49. The van der Waals surface area contributed by atoms with Gasteiger partial charge < -0.3 is 23.7 Å². The summed E-state index contributed by atoms with van der Waals surface area (Å²) in [5.74, 6) is -0.00161. The van der Waals surface area contributed by atoms with Crippen LogP contribution in [0, 0.1) is 11.3 Å². The van der Waals surface area contributed by atoms with Crippen LogP contribution in [0.2, 0.25) is 0 Å². The van der Waals surface area contributed by atoms with Crippen molar-refractivity contribution in [2.45, 2.75) is 38.4 Å². The van der Waals surface area contributed by atoms with Gasteiger partial charge in [0.2, 0.25) is 0 Å². The fourth-order valence-corrected chi connectivity index (χ4v) is 4.51. The molecule has 7 heteroatoms. The van der Waals surface area contributed by atoms with E-state index in [2.05, 4.69) is 0 Å². The molecule has 0 aromatic heterocycles. The number of carbonyl (C=O) groups excluding carboxylic acids is 2. The highest BCUT2D eigenvalue weighted by molar-refractivity contribution is 6.01. The lowest BCUT2D eigenvalue weighted by molar-refractivity contribution is -0.169. The molecule has 1 aliphatic carbocycles. The second-order valence-electron chi connectivity index (χ2n) is 8.00. The fourth-order valence-electron chi connectivity index (χ4n) is 4.51. The number of hydrogen-bond acceptors (Lipinski definition) is 7. The second kappa shape index (κ2) is 7.71. The van der Waals surface area contributed by atoms with Crippen LogP contribution in [0.3, 0.4) is 0 Å². The van der Waals surface area contributed by atoms with Crippen LogP contribution in [0.4, 0.5) is 0 Å². The zero-order valence-electron chi connectivity index (χ0n) is 17.7. The Kier molecular flexibility index (Phi) is 5.63. The third-order valence-corrected chi connectivity index (χ3v) is 6.03. The Hall–Kier alpha value is -2.54. The molecule has 1 fully saturated rings. The number of benzene rings is 1. The van der Waals surface area contributed by atoms with Crippen molar-refractivity contribution >= 4 is 11.9 Å². The van der Waals surface area contributed by atoms with Gasteiger partial charge in [-0.05, 0) is 44.4 Å². The van der Waals surface area contributed by atoms with Gasteiger partial charge in [-0.15, -0.1) is 0 Å². The molecule has 0 saturated heterocycles. The van der Waals surface area contributed by atoms with E-state index in [4.69, 9.17) is 23.7 Å². The number of rotatable bonds is 5. The largest absolute Gasteiger partial charge is 0.493 e. The second-order valence-corrected chi connectivity index (χ2v) is 8.00. The number of ether oxygens (including phenoxy) is 5. The third kappa shape index (κ3) is 3.48. The van der Waals surface area contributed by atoms with Crippen molar-refractivity contribution in [2.75, 3.05) is 28.4 Å². The number of hydrogen-bond donors (Lipinski definition) is 0. The highest BCUT2D eigenvalue weighted by Crippen LogP contribution is 2.55. The molecule has 2 atom stereocenters. The standard InChI is InChI=1S/C22H28O7/c1-21(2)15-12-22(19(23)27-5,20(24)28-6)11-14(15)10-17(29-21)13-7-8-16(25-3)18(9-13)26-4/h7-10,15,17H,11-12H2,1-6H3/t15-,17+/m1/s1. The van der Waals surface area contributed by atoms with Gasteiger partial charge in [0.05, 0.1) is 34.0 Å². The highest BCUT2D eigenvalue weighted by atomic mass is 16.5. The van der Waals surface area contributed by atoms with Crippen LogP contribution in [0.1, 0.15) is 38.4 Å². The smallest absolute Gasteiger partial charge is 0.323 e. The molecule has 0 unspecified atom stereocenters. The van der Waals surface area contributed by atoms with Gasteiger partial charge in [0.15, 0.2) is 16.9 Å². The van der Waals surface area contributed by atoms with Gasteiger partial charge in [0.25, 0.3) is 0 Å². The van der Waals surface area contributed by atoms with Gasteiger partial charge >= 0.3 is 11.9 Å². The van der Waals surface area contributed by atoms with Crippen LogP contribution in [-0.4, -0.2) is 46.0 Å². The molecule has 2 aliphatic rings.